The molecule has 2 aromatic carbocycles. The molecule has 29 heavy (non-hydrogen) atoms. The summed E-state index contributed by atoms with van der Waals surface area (Å²) in [4.78, 5) is 2.96. The summed E-state index contributed by atoms with van der Waals surface area (Å²) in [6.45, 7) is 11.8. The molecule has 1 heterocycles. The van der Waals surface area contributed by atoms with Crippen LogP contribution in [0.1, 0.15) is 33.4 Å². The lowest BCUT2D eigenvalue weighted by Crippen LogP contribution is -2.29. The summed E-state index contributed by atoms with van der Waals surface area (Å²) in [5, 5.41) is 0. The molecule has 0 amide bonds. The maximum Gasteiger partial charge on any atom is 0.446 e. The van der Waals surface area contributed by atoms with Crippen LogP contribution in [0.3, 0.4) is 0 Å². The van der Waals surface area contributed by atoms with E-state index in [2.05, 4.69) is 0 Å². The fraction of sp³-hybridized carbons (Fsp3) is 0.391. The Morgan fingerprint density at radius 2 is 1.00 bits per heavy atom. The first-order chi connectivity index (χ1) is 13.4. The highest BCUT2D eigenvalue weighted by molar-refractivity contribution is 5.73. The number of benzene rings is 2. The van der Waals surface area contributed by atoms with Gasteiger partial charge >= 0.3 is 6.18 Å². The van der Waals surface area contributed by atoms with Crippen molar-refractivity contribution in [2.45, 2.75) is 47.7 Å². The Morgan fingerprint density at radius 1 is 0.690 bits per heavy atom. The van der Waals surface area contributed by atoms with Crippen molar-refractivity contribution in [2.24, 2.45) is 0 Å². The predicted octanol–water partition coefficient (Wildman–Crippen LogP) is 6.56. The molecule has 1 aliphatic heterocycles. The lowest BCUT2D eigenvalue weighted by Gasteiger charge is -2.30. The molecule has 0 aromatic heterocycles. The van der Waals surface area contributed by atoms with Gasteiger partial charge in [0.25, 0.3) is 0 Å². The first-order valence-electron chi connectivity index (χ1n) is 9.59. The van der Waals surface area contributed by atoms with Crippen LogP contribution in [0.5, 0.6) is 0 Å². The molecule has 0 unspecified atom stereocenters. The van der Waals surface area contributed by atoms with Crippen molar-refractivity contribution < 1.29 is 17.6 Å². The van der Waals surface area contributed by atoms with E-state index < -0.39 is 17.8 Å². The van der Waals surface area contributed by atoms with Crippen LogP contribution in [-0.4, -0.2) is 19.3 Å². The number of aryl methyl sites for hydroxylation is 6. The van der Waals surface area contributed by atoms with Gasteiger partial charge in [-0.2, -0.15) is 17.6 Å². The minimum Gasteiger partial charge on any atom is -0.323 e. The molecule has 0 saturated carbocycles. The first-order valence-corrected chi connectivity index (χ1v) is 9.59. The van der Waals surface area contributed by atoms with Gasteiger partial charge in [0.2, 0.25) is 5.83 Å². The Hall–Kier alpha value is -2.50. The third kappa shape index (κ3) is 3.85. The molecule has 1 saturated heterocycles. The van der Waals surface area contributed by atoms with Crippen LogP contribution in [0, 0.1) is 41.5 Å². The average Bonchev–Trinajstić information content (AvgIpc) is 2.95. The molecule has 6 heteroatoms. The van der Waals surface area contributed by atoms with Gasteiger partial charge in [0, 0.05) is 24.5 Å². The molecule has 2 nitrogen and oxygen atoms in total. The number of rotatable bonds is 2. The second-order valence-electron chi connectivity index (χ2n) is 7.93. The van der Waals surface area contributed by atoms with Crippen molar-refractivity contribution in [3.8, 4) is 0 Å². The van der Waals surface area contributed by atoms with Crippen molar-refractivity contribution in [2.75, 3.05) is 22.9 Å². The van der Waals surface area contributed by atoms with Gasteiger partial charge in [-0.05, 0) is 63.8 Å². The van der Waals surface area contributed by atoms with Gasteiger partial charge < -0.3 is 9.80 Å². The monoisotopic (exact) mass is 406 g/mol. The average molecular weight is 406 g/mol. The number of allylic oxidation sites excluding steroid dienone is 1. The third-order valence-corrected chi connectivity index (χ3v) is 5.31. The third-order valence-electron chi connectivity index (χ3n) is 5.31. The van der Waals surface area contributed by atoms with E-state index in [-0.39, 0.29) is 13.1 Å². The lowest BCUT2D eigenvalue weighted by molar-refractivity contribution is -0.110. The van der Waals surface area contributed by atoms with Gasteiger partial charge in [-0.15, -0.1) is 0 Å². The first kappa shape index (κ1) is 21.2. The summed E-state index contributed by atoms with van der Waals surface area (Å²) in [7, 11) is 0. The van der Waals surface area contributed by atoms with Crippen molar-refractivity contribution in [1.29, 1.82) is 0 Å². The summed E-state index contributed by atoms with van der Waals surface area (Å²) >= 11 is 0. The van der Waals surface area contributed by atoms with Crippen LogP contribution >= 0.6 is 0 Å². The van der Waals surface area contributed by atoms with E-state index in [9.17, 15) is 17.6 Å². The zero-order valence-corrected chi connectivity index (χ0v) is 17.6. The molecule has 0 radical (unpaired) electrons. The number of anilines is 2. The van der Waals surface area contributed by atoms with E-state index in [1.807, 2.05) is 65.8 Å². The van der Waals surface area contributed by atoms with Crippen LogP contribution in [0.2, 0.25) is 0 Å². The Bertz CT molecular complexity index is 875. The number of alkyl halides is 3. The zero-order valence-electron chi connectivity index (χ0n) is 17.6. The lowest BCUT2D eigenvalue weighted by atomic mass is 10.0. The van der Waals surface area contributed by atoms with Crippen LogP contribution < -0.4 is 9.80 Å². The van der Waals surface area contributed by atoms with Crippen LogP contribution in [0.4, 0.5) is 28.9 Å². The fourth-order valence-electron chi connectivity index (χ4n) is 4.55. The van der Waals surface area contributed by atoms with Crippen molar-refractivity contribution in [1.82, 2.24) is 0 Å². The van der Waals surface area contributed by atoms with Crippen molar-refractivity contribution in [3.63, 3.8) is 0 Å². The van der Waals surface area contributed by atoms with Crippen LogP contribution in [0.25, 0.3) is 0 Å². The van der Waals surface area contributed by atoms with Gasteiger partial charge in [0.05, 0.1) is 0 Å². The largest absolute Gasteiger partial charge is 0.446 e. The molecule has 1 aliphatic rings. The normalized spacial score (nSPS) is 14.8. The van der Waals surface area contributed by atoms with E-state index >= 15 is 0 Å². The van der Waals surface area contributed by atoms with E-state index in [1.165, 1.54) is 9.80 Å². The number of hydrogen-bond donors (Lipinski definition) is 0. The summed E-state index contributed by atoms with van der Waals surface area (Å²) in [5.41, 5.74) is 6.62. The maximum atomic E-state index is 14.8. The van der Waals surface area contributed by atoms with Gasteiger partial charge in [-0.25, -0.2) is 0 Å². The fourth-order valence-corrected chi connectivity index (χ4v) is 4.55. The highest BCUT2D eigenvalue weighted by Crippen LogP contribution is 2.42. The second kappa shape index (κ2) is 7.39. The molecule has 0 bridgehead atoms. The molecule has 2 aromatic rings. The number of hydrogen-bond acceptors (Lipinski definition) is 2. The molecule has 0 aliphatic carbocycles. The van der Waals surface area contributed by atoms with E-state index in [0.29, 0.717) is 11.4 Å². The highest BCUT2D eigenvalue weighted by atomic mass is 19.4. The number of nitrogens with zero attached hydrogens (tertiary/aromatic N) is 2. The Balaban J connectivity index is 2.25. The van der Waals surface area contributed by atoms with Gasteiger partial charge in [0.15, 0.2) is 5.82 Å². The van der Waals surface area contributed by atoms with Crippen LogP contribution in [-0.2, 0) is 0 Å². The molecule has 0 spiro atoms. The minimum absolute atomic E-state index is 0.274. The van der Waals surface area contributed by atoms with E-state index in [1.54, 1.807) is 0 Å². The maximum absolute atomic E-state index is 14.8. The van der Waals surface area contributed by atoms with Gasteiger partial charge in [0.1, 0.15) is 0 Å². The van der Waals surface area contributed by atoms with E-state index in [0.717, 1.165) is 33.4 Å². The highest BCUT2D eigenvalue weighted by Gasteiger charge is 2.44. The van der Waals surface area contributed by atoms with Gasteiger partial charge in [-0.3, -0.25) is 0 Å². The molecule has 1 fully saturated rings. The summed E-state index contributed by atoms with van der Waals surface area (Å²) in [6, 6.07) is 7.65. The van der Waals surface area contributed by atoms with Crippen molar-refractivity contribution >= 4 is 11.4 Å². The van der Waals surface area contributed by atoms with Crippen LogP contribution in [0.15, 0.2) is 35.9 Å². The topological polar surface area (TPSA) is 6.48 Å². The molecule has 3 rings (SSSR count). The minimum atomic E-state index is -5.06. The SMILES string of the molecule is Cc1cc(C)c(N2CCN(c3c(C)cc(C)cc3C)C2=C(F)C(F)(F)F)c(C)c1. The summed E-state index contributed by atoms with van der Waals surface area (Å²) in [5.74, 6) is -2.49. The Labute approximate surface area is 169 Å². The second-order valence-corrected chi connectivity index (χ2v) is 7.93. The Kier molecular flexibility index (Phi) is 5.41. The molecular formula is C23H26F4N2. The summed E-state index contributed by atoms with van der Waals surface area (Å²) in [6.07, 6.45) is -5.06. The molecule has 0 atom stereocenters. The zero-order chi connectivity index (χ0) is 21.7. The molecular weight excluding hydrogens is 380 g/mol. The van der Waals surface area contributed by atoms with E-state index in [4.69, 9.17) is 0 Å². The molecule has 0 N–H and O–H groups in total. The Morgan fingerprint density at radius 3 is 1.28 bits per heavy atom. The van der Waals surface area contributed by atoms with Crippen molar-refractivity contribution in [3.05, 3.63) is 69.3 Å². The standard InChI is InChI=1S/C23H26F4N2/c1-13-9-15(3)19(16(4)10-13)28-7-8-29(22(28)21(24)23(25,26)27)20-17(5)11-14(2)12-18(20)6/h9-12H,7-8H2,1-6H3. The quantitative estimate of drug-likeness (QED) is 0.521. The van der Waals surface area contributed by atoms with Gasteiger partial charge in [-0.1, -0.05) is 35.4 Å². The summed E-state index contributed by atoms with van der Waals surface area (Å²) < 4.78 is 55.4. The smallest absolute Gasteiger partial charge is 0.323 e. The predicted molar refractivity (Wildman–Crippen MR) is 110 cm³/mol. The molecule has 156 valence electrons. The number of halogens is 4.